The Bertz CT molecular complexity index is 285. The largest absolute Gasteiger partial charge is 0.310 e. The molecule has 0 saturated carbocycles. The van der Waals surface area contributed by atoms with Gasteiger partial charge < -0.3 is 5.32 Å². The summed E-state index contributed by atoms with van der Waals surface area (Å²) in [6.45, 7) is 9.58. The number of H-pyrrole nitrogens is 1. The lowest BCUT2D eigenvalue weighted by Crippen LogP contribution is -2.25. The molecule has 1 unspecified atom stereocenters. The lowest BCUT2D eigenvalue weighted by molar-refractivity contribution is 0.486. The van der Waals surface area contributed by atoms with Crippen LogP contribution >= 0.6 is 0 Å². The monoisotopic (exact) mass is 223 g/mol. The van der Waals surface area contributed by atoms with Crippen molar-refractivity contribution in [3.63, 3.8) is 0 Å². The van der Waals surface area contributed by atoms with Gasteiger partial charge in [-0.25, -0.2) is 0 Å². The van der Waals surface area contributed by atoms with Crippen LogP contribution in [0.3, 0.4) is 0 Å². The van der Waals surface area contributed by atoms with E-state index in [1.165, 1.54) is 36.9 Å². The summed E-state index contributed by atoms with van der Waals surface area (Å²) in [6.07, 6.45) is 5.24. The molecule has 1 rings (SSSR count). The standard InChI is InChI=1S/C13H25N3/c1-5-6-7-8-10(2)14-9-13-11(3)15-16-12(13)4/h10,14H,5-9H2,1-4H3,(H,15,16). The third-order valence-electron chi connectivity index (χ3n) is 3.15. The molecule has 1 heterocycles. The van der Waals surface area contributed by atoms with Crippen molar-refractivity contribution in [1.29, 1.82) is 0 Å². The van der Waals surface area contributed by atoms with Gasteiger partial charge in [0.2, 0.25) is 0 Å². The van der Waals surface area contributed by atoms with Gasteiger partial charge >= 0.3 is 0 Å². The number of hydrogen-bond acceptors (Lipinski definition) is 2. The lowest BCUT2D eigenvalue weighted by Gasteiger charge is -2.13. The van der Waals surface area contributed by atoms with Gasteiger partial charge in [0.15, 0.2) is 0 Å². The Labute approximate surface area is 99.0 Å². The number of aromatic amines is 1. The molecule has 0 amide bonds. The maximum atomic E-state index is 4.20. The topological polar surface area (TPSA) is 40.7 Å². The average molecular weight is 223 g/mol. The molecule has 1 aromatic rings. The predicted octanol–water partition coefficient (Wildman–Crippen LogP) is 3.08. The molecule has 0 fully saturated rings. The van der Waals surface area contributed by atoms with Gasteiger partial charge in [-0.1, -0.05) is 26.2 Å². The first kappa shape index (κ1) is 13.2. The summed E-state index contributed by atoms with van der Waals surface area (Å²) in [6, 6.07) is 0.597. The summed E-state index contributed by atoms with van der Waals surface area (Å²) in [5.41, 5.74) is 3.62. The van der Waals surface area contributed by atoms with Crippen LogP contribution in [0.15, 0.2) is 0 Å². The fourth-order valence-corrected chi connectivity index (χ4v) is 1.91. The number of rotatable bonds is 7. The Balaban J connectivity index is 2.28. The molecule has 1 aromatic heterocycles. The Kier molecular flexibility index (Phi) is 5.53. The molecule has 3 heteroatoms. The van der Waals surface area contributed by atoms with Crippen LogP contribution in [-0.4, -0.2) is 16.2 Å². The van der Waals surface area contributed by atoms with Crippen molar-refractivity contribution in [3.05, 3.63) is 17.0 Å². The quantitative estimate of drug-likeness (QED) is 0.697. The zero-order valence-electron chi connectivity index (χ0n) is 11.1. The summed E-state index contributed by atoms with van der Waals surface area (Å²) in [5.74, 6) is 0. The molecule has 0 aliphatic carbocycles. The first-order valence-corrected chi connectivity index (χ1v) is 6.39. The molecule has 92 valence electrons. The normalized spacial score (nSPS) is 13.0. The van der Waals surface area contributed by atoms with Gasteiger partial charge in [0.1, 0.15) is 0 Å². The summed E-state index contributed by atoms with van der Waals surface area (Å²) >= 11 is 0. The zero-order chi connectivity index (χ0) is 12.0. The van der Waals surface area contributed by atoms with E-state index in [-0.39, 0.29) is 0 Å². The second-order valence-electron chi connectivity index (χ2n) is 4.69. The van der Waals surface area contributed by atoms with Crippen molar-refractivity contribution in [1.82, 2.24) is 15.5 Å². The van der Waals surface area contributed by atoms with Crippen molar-refractivity contribution in [2.24, 2.45) is 0 Å². The summed E-state index contributed by atoms with van der Waals surface area (Å²) < 4.78 is 0. The second kappa shape index (κ2) is 6.69. The van der Waals surface area contributed by atoms with Gasteiger partial charge in [0.25, 0.3) is 0 Å². The van der Waals surface area contributed by atoms with Crippen LogP contribution in [-0.2, 0) is 6.54 Å². The van der Waals surface area contributed by atoms with Crippen molar-refractivity contribution >= 4 is 0 Å². The molecule has 16 heavy (non-hydrogen) atoms. The van der Waals surface area contributed by atoms with Crippen LogP contribution < -0.4 is 5.32 Å². The van der Waals surface area contributed by atoms with E-state index in [9.17, 15) is 0 Å². The molecule has 0 aliphatic rings. The highest BCUT2D eigenvalue weighted by molar-refractivity contribution is 5.22. The van der Waals surface area contributed by atoms with Crippen LogP contribution in [0.2, 0.25) is 0 Å². The Morgan fingerprint density at radius 1 is 1.31 bits per heavy atom. The minimum atomic E-state index is 0.597. The number of nitrogens with zero attached hydrogens (tertiary/aromatic N) is 1. The van der Waals surface area contributed by atoms with Crippen LogP contribution in [0.25, 0.3) is 0 Å². The number of hydrogen-bond donors (Lipinski definition) is 2. The molecule has 3 nitrogen and oxygen atoms in total. The first-order chi connectivity index (χ1) is 7.65. The van der Waals surface area contributed by atoms with Gasteiger partial charge in [0.05, 0.1) is 5.69 Å². The van der Waals surface area contributed by atoms with Crippen LogP contribution in [0.1, 0.15) is 56.5 Å². The highest BCUT2D eigenvalue weighted by Crippen LogP contribution is 2.10. The van der Waals surface area contributed by atoms with Crippen LogP contribution in [0.5, 0.6) is 0 Å². The summed E-state index contributed by atoms with van der Waals surface area (Å²) in [4.78, 5) is 0. The number of nitrogens with one attached hydrogen (secondary N) is 2. The number of unbranched alkanes of at least 4 members (excludes halogenated alkanes) is 2. The van der Waals surface area contributed by atoms with E-state index in [1.807, 2.05) is 0 Å². The predicted molar refractivity (Wildman–Crippen MR) is 68.5 cm³/mol. The maximum absolute atomic E-state index is 4.20. The Morgan fingerprint density at radius 3 is 2.62 bits per heavy atom. The minimum absolute atomic E-state index is 0.597. The first-order valence-electron chi connectivity index (χ1n) is 6.39. The molecule has 0 aromatic carbocycles. The summed E-state index contributed by atoms with van der Waals surface area (Å²) in [7, 11) is 0. The fraction of sp³-hybridized carbons (Fsp3) is 0.769. The highest BCUT2D eigenvalue weighted by Gasteiger charge is 2.07. The van der Waals surface area contributed by atoms with E-state index in [0.717, 1.165) is 12.2 Å². The van der Waals surface area contributed by atoms with E-state index in [4.69, 9.17) is 0 Å². The molecular weight excluding hydrogens is 198 g/mol. The van der Waals surface area contributed by atoms with Crippen molar-refractivity contribution in [2.45, 2.75) is 66.0 Å². The Hall–Kier alpha value is -0.830. The van der Waals surface area contributed by atoms with E-state index in [1.54, 1.807) is 0 Å². The second-order valence-corrected chi connectivity index (χ2v) is 4.69. The van der Waals surface area contributed by atoms with E-state index >= 15 is 0 Å². The SMILES string of the molecule is CCCCCC(C)NCc1c(C)n[nH]c1C. The third kappa shape index (κ3) is 3.97. The highest BCUT2D eigenvalue weighted by atomic mass is 15.1. The maximum Gasteiger partial charge on any atom is 0.0638 e. The van der Waals surface area contributed by atoms with Gasteiger partial charge in [-0.05, 0) is 27.2 Å². The minimum Gasteiger partial charge on any atom is -0.310 e. The van der Waals surface area contributed by atoms with Gasteiger partial charge in [0, 0.05) is 23.8 Å². The fourth-order valence-electron chi connectivity index (χ4n) is 1.91. The van der Waals surface area contributed by atoms with E-state index < -0.39 is 0 Å². The zero-order valence-corrected chi connectivity index (χ0v) is 11.1. The molecule has 0 aliphatic heterocycles. The van der Waals surface area contributed by atoms with Crippen molar-refractivity contribution in [3.8, 4) is 0 Å². The van der Waals surface area contributed by atoms with E-state index in [2.05, 4.69) is 43.2 Å². The molecule has 2 N–H and O–H groups in total. The Morgan fingerprint density at radius 2 is 2.06 bits per heavy atom. The molecule has 0 bridgehead atoms. The molecular formula is C13H25N3. The number of aryl methyl sites for hydroxylation is 2. The molecule has 0 spiro atoms. The van der Waals surface area contributed by atoms with Crippen molar-refractivity contribution < 1.29 is 0 Å². The molecule has 1 atom stereocenters. The van der Waals surface area contributed by atoms with Crippen LogP contribution in [0.4, 0.5) is 0 Å². The van der Waals surface area contributed by atoms with Crippen LogP contribution in [0, 0.1) is 13.8 Å². The molecule has 0 saturated heterocycles. The van der Waals surface area contributed by atoms with Gasteiger partial charge in [-0.15, -0.1) is 0 Å². The molecule has 0 radical (unpaired) electrons. The average Bonchev–Trinajstić information content (AvgIpc) is 2.57. The third-order valence-corrected chi connectivity index (χ3v) is 3.15. The van der Waals surface area contributed by atoms with Crippen molar-refractivity contribution in [2.75, 3.05) is 0 Å². The number of aromatic nitrogens is 2. The summed E-state index contributed by atoms with van der Waals surface area (Å²) in [5, 5.41) is 10.8. The van der Waals surface area contributed by atoms with Gasteiger partial charge in [-0.2, -0.15) is 5.10 Å². The lowest BCUT2D eigenvalue weighted by atomic mass is 10.1. The van der Waals surface area contributed by atoms with E-state index in [0.29, 0.717) is 6.04 Å². The smallest absolute Gasteiger partial charge is 0.0638 e. The van der Waals surface area contributed by atoms with Gasteiger partial charge in [-0.3, -0.25) is 5.10 Å².